The summed E-state index contributed by atoms with van der Waals surface area (Å²) in [6.07, 6.45) is 0.704. The standard InChI is InChI=1S/C16H15NO5/c1-3-10-4-5-13(22-10)16(19)17-12-7-15-14(20-8-21-15)6-11(12)9(2)18/h4-7H,3,8H2,1-2H3,(H,17,19). The first-order valence-electron chi connectivity index (χ1n) is 6.93. The molecule has 0 fully saturated rings. The number of Topliss-reactive ketones (excluding diaryl/α,β-unsaturated/α-hetero) is 1. The van der Waals surface area contributed by atoms with E-state index in [0.717, 1.165) is 5.76 Å². The van der Waals surface area contributed by atoms with Gasteiger partial charge in [-0.1, -0.05) is 6.92 Å². The maximum absolute atomic E-state index is 12.2. The van der Waals surface area contributed by atoms with Crippen molar-refractivity contribution in [1.29, 1.82) is 0 Å². The zero-order valence-electron chi connectivity index (χ0n) is 12.3. The maximum atomic E-state index is 12.2. The van der Waals surface area contributed by atoms with E-state index in [2.05, 4.69) is 5.32 Å². The predicted octanol–water partition coefficient (Wildman–Crippen LogP) is 3.03. The molecule has 3 rings (SSSR count). The first-order chi connectivity index (χ1) is 10.6. The van der Waals surface area contributed by atoms with Gasteiger partial charge >= 0.3 is 0 Å². The molecule has 0 unspecified atom stereocenters. The SMILES string of the molecule is CCc1ccc(C(=O)Nc2cc3c(cc2C(C)=O)OCO3)o1. The molecule has 0 spiro atoms. The monoisotopic (exact) mass is 301 g/mol. The normalized spacial score (nSPS) is 12.3. The Balaban J connectivity index is 1.90. The first kappa shape index (κ1) is 14.2. The summed E-state index contributed by atoms with van der Waals surface area (Å²) < 4.78 is 15.9. The van der Waals surface area contributed by atoms with E-state index in [1.807, 2.05) is 6.92 Å². The Labute approximate surface area is 127 Å². The van der Waals surface area contributed by atoms with Gasteiger partial charge in [-0.25, -0.2) is 0 Å². The fraction of sp³-hybridized carbons (Fsp3) is 0.250. The largest absolute Gasteiger partial charge is 0.456 e. The molecule has 6 nitrogen and oxygen atoms in total. The molecule has 0 aliphatic carbocycles. The molecule has 0 radical (unpaired) electrons. The average Bonchev–Trinajstić information content (AvgIpc) is 3.14. The second kappa shape index (κ2) is 5.55. The number of ketones is 1. The van der Waals surface area contributed by atoms with Crippen LogP contribution in [0.4, 0.5) is 5.69 Å². The minimum atomic E-state index is -0.416. The Morgan fingerprint density at radius 2 is 1.91 bits per heavy atom. The van der Waals surface area contributed by atoms with Gasteiger partial charge in [0.1, 0.15) is 5.76 Å². The molecule has 1 aromatic heterocycles. The summed E-state index contributed by atoms with van der Waals surface area (Å²) in [7, 11) is 0. The van der Waals surface area contributed by atoms with Crippen molar-refractivity contribution < 1.29 is 23.5 Å². The summed E-state index contributed by atoms with van der Waals surface area (Å²) in [6.45, 7) is 3.46. The van der Waals surface area contributed by atoms with Crippen LogP contribution in [0.5, 0.6) is 11.5 Å². The Kier molecular flexibility index (Phi) is 3.58. The van der Waals surface area contributed by atoms with E-state index in [1.54, 1.807) is 24.3 Å². The Hall–Kier alpha value is -2.76. The maximum Gasteiger partial charge on any atom is 0.291 e. The van der Waals surface area contributed by atoms with Gasteiger partial charge in [0.15, 0.2) is 23.0 Å². The van der Waals surface area contributed by atoms with Crippen molar-refractivity contribution in [3.8, 4) is 11.5 Å². The van der Waals surface area contributed by atoms with Crippen molar-refractivity contribution in [2.24, 2.45) is 0 Å². The third-order valence-electron chi connectivity index (χ3n) is 3.37. The van der Waals surface area contributed by atoms with Crippen LogP contribution in [0.3, 0.4) is 0 Å². The smallest absolute Gasteiger partial charge is 0.291 e. The van der Waals surface area contributed by atoms with Gasteiger partial charge in [-0.05, 0) is 25.1 Å². The number of carbonyl (C=O) groups excluding carboxylic acids is 2. The van der Waals surface area contributed by atoms with E-state index in [4.69, 9.17) is 13.9 Å². The first-order valence-corrected chi connectivity index (χ1v) is 6.93. The molecule has 1 aliphatic rings. The van der Waals surface area contributed by atoms with Crippen LogP contribution in [0.1, 0.15) is 40.5 Å². The number of benzene rings is 1. The molecule has 114 valence electrons. The van der Waals surface area contributed by atoms with Gasteiger partial charge in [0.2, 0.25) is 6.79 Å². The molecule has 2 aromatic rings. The van der Waals surface area contributed by atoms with Crippen LogP contribution in [-0.4, -0.2) is 18.5 Å². The lowest BCUT2D eigenvalue weighted by Gasteiger charge is -2.09. The molecule has 1 aliphatic heterocycles. The second-order valence-electron chi connectivity index (χ2n) is 4.88. The lowest BCUT2D eigenvalue weighted by atomic mass is 10.1. The Morgan fingerprint density at radius 3 is 2.55 bits per heavy atom. The summed E-state index contributed by atoms with van der Waals surface area (Å²) in [4.78, 5) is 24.0. The zero-order chi connectivity index (χ0) is 15.7. The van der Waals surface area contributed by atoms with Gasteiger partial charge in [-0.3, -0.25) is 9.59 Å². The molecule has 6 heteroatoms. The highest BCUT2D eigenvalue weighted by Crippen LogP contribution is 2.37. The fourth-order valence-electron chi connectivity index (χ4n) is 2.21. The number of rotatable bonds is 4. The van der Waals surface area contributed by atoms with E-state index in [9.17, 15) is 9.59 Å². The van der Waals surface area contributed by atoms with E-state index in [-0.39, 0.29) is 18.3 Å². The predicted molar refractivity (Wildman–Crippen MR) is 78.6 cm³/mol. The van der Waals surface area contributed by atoms with Crippen LogP contribution in [0.15, 0.2) is 28.7 Å². The van der Waals surface area contributed by atoms with Crippen molar-refractivity contribution in [3.63, 3.8) is 0 Å². The molecule has 1 N–H and O–H groups in total. The van der Waals surface area contributed by atoms with E-state index in [0.29, 0.717) is 29.2 Å². The number of aryl methyl sites for hydroxylation is 1. The summed E-state index contributed by atoms with van der Waals surface area (Å²) in [5.74, 6) is 1.32. The average molecular weight is 301 g/mol. The molecule has 0 saturated heterocycles. The highest BCUT2D eigenvalue weighted by Gasteiger charge is 2.21. The number of hydrogen-bond acceptors (Lipinski definition) is 5. The topological polar surface area (TPSA) is 77.8 Å². The van der Waals surface area contributed by atoms with Crippen LogP contribution in [0.2, 0.25) is 0 Å². The number of anilines is 1. The van der Waals surface area contributed by atoms with Gasteiger partial charge < -0.3 is 19.2 Å². The molecule has 22 heavy (non-hydrogen) atoms. The summed E-state index contributed by atoms with van der Waals surface area (Å²) in [5.41, 5.74) is 0.732. The molecular weight excluding hydrogens is 286 g/mol. The fourth-order valence-corrected chi connectivity index (χ4v) is 2.21. The number of ether oxygens (including phenoxy) is 2. The lowest BCUT2D eigenvalue weighted by Crippen LogP contribution is -2.13. The minimum absolute atomic E-state index is 0.0993. The third-order valence-corrected chi connectivity index (χ3v) is 3.37. The highest BCUT2D eigenvalue weighted by molar-refractivity contribution is 6.08. The lowest BCUT2D eigenvalue weighted by molar-refractivity contribution is 0.0995. The van der Waals surface area contributed by atoms with Crippen LogP contribution < -0.4 is 14.8 Å². The quantitative estimate of drug-likeness (QED) is 0.878. The number of nitrogens with one attached hydrogen (secondary N) is 1. The molecule has 0 saturated carbocycles. The molecule has 0 atom stereocenters. The summed E-state index contributed by atoms with van der Waals surface area (Å²) >= 11 is 0. The Morgan fingerprint density at radius 1 is 1.18 bits per heavy atom. The summed E-state index contributed by atoms with van der Waals surface area (Å²) in [6, 6.07) is 6.51. The summed E-state index contributed by atoms with van der Waals surface area (Å²) in [5, 5.41) is 2.69. The van der Waals surface area contributed by atoms with Gasteiger partial charge in [-0.2, -0.15) is 0 Å². The van der Waals surface area contributed by atoms with Crippen molar-refractivity contribution >= 4 is 17.4 Å². The molecule has 1 amide bonds. The van der Waals surface area contributed by atoms with Crippen LogP contribution in [-0.2, 0) is 6.42 Å². The van der Waals surface area contributed by atoms with Crippen LogP contribution in [0, 0.1) is 0 Å². The van der Waals surface area contributed by atoms with Gasteiger partial charge in [0.05, 0.1) is 5.69 Å². The number of hydrogen-bond donors (Lipinski definition) is 1. The van der Waals surface area contributed by atoms with Crippen molar-refractivity contribution in [3.05, 3.63) is 41.3 Å². The third kappa shape index (κ3) is 2.55. The molecule has 0 bridgehead atoms. The number of carbonyl (C=O) groups is 2. The van der Waals surface area contributed by atoms with Crippen molar-refractivity contribution in [1.82, 2.24) is 0 Å². The number of furan rings is 1. The van der Waals surface area contributed by atoms with Crippen molar-refractivity contribution in [2.45, 2.75) is 20.3 Å². The minimum Gasteiger partial charge on any atom is -0.456 e. The molecular formula is C16H15NO5. The zero-order valence-corrected chi connectivity index (χ0v) is 12.3. The van der Waals surface area contributed by atoms with E-state index < -0.39 is 5.91 Å². The number of fused-ring (bicyclic) bond motifs is 1. The Bertz CT molecular complexity index is 747. The van der Waals surface area contributed by atoms with Crippen molar-refractivity contribution in [2.75, 3.05) is 12.1 Å². The van der Waals surface area contributed by atoms with E-state index in [1.165, 1.54) is 6.92 Å². The van der Waals surface area contributed by atoms with Gasteiger partial charge in [-0.15, -0.1) is 0 Å². The van der Waals surface area contributed by atoms with Crippen LogP contribution >= 0.6 is 0 Å². The number of amides is 1. The highest BCUT2D eigenvalue weighted by atomic mass is 16.7. The van der Waals surface area contributed by atoms with Gasteiger partial charge in [0, 0.05) is 18.1 Å². The van der Waals surface area contributed by atoms with E-state index >= 15 is 0 Å². The molecule has 2 heterocycles. The molecule has 1 aromatic carbocycles. The second-order valence-corrected chi connectivity index (χ2v) is 4.88. The van der Waals surface area contributed by atoms with Gasteiger partial charge in [0.25, 0.3) is 5.91 Å². The van der Waals surface area contributed by atoms with Crippen LogP contribution in [0.25, 0.3) is 0 Å².